The maximum absolute atomic E-state index is 5.72. The fourth-order valence-corrected chi connectivity index (χ4v) is 3.44. The third-order valence-electron chi connectivity index (χ3n) is 4.53. The lowest BCUT2D eigenvalue weighted by molar-refractivity contribution is 0.274. The van der Waals surface area contributed by atoms with Crippen LogP contribution in [0.4, 0.5) is 0 Å². The van der Waals surface area contributed by atoms with Gasteiger partial charge in [-0.05, 0) is 25.3 Å². The molecule has 1 aromatic carbocycles. The highest BCUT2D eigenvalue weighted by atomic mass is 16.5. The highest BCUT2D eigenvalue weighted by Crippen LogP contribution is 2.38. The van der Waals surface area contributed by atoms with Crippen molar-refractivity contribution in [1.29, 1.82) is 0 Å². The van der Waals surface area contributed by atoms with Gasteiger partial charge in [-0.25, -0.2) is 4.98 Å². The first kappa shape index (κ1) is 11.9. The van der Waals surface area contributed by atoms with Crippen LogP contribution in [0.15, 0.2) is 24.3 Å². The van der Waals surface area contributed by atoms with Crippen LogP contribution in [0.25, 0.3) is 0 Å². The Balaban J connectivity index is 1.65. The van der Waals surface area contributed by atoms with Crippen molar-refractivity contribution in [3.8, 4) is 5.75 Å². The number of aromatic amines is 1. The van der Waals surface area contributed by atoms with Gasteiger partial charge in [0.05, 0.1) is 12.5 Å². The lowest BCUT2D eigenvalue weighted by Gasteiger charge is -2.24. The molecule has 2 aromatic rings. The predicted octanol–water partition coefficient (Wildman–Crippen LogP) is 3.38. The van der Waals surface area contributed by atoms with Crippen LogP contribution in [0.2, 0.25) is 0 Å². The number of nitrogens with zero attached hydrogens (tertiary/aromatic N) is 2. The van der Waals surface area contributed by atoms with E-state index in [1.165, 1.54) is 31.2 Å². The van der Waals surface area contributed by atoms with E-state index in [-0.39, 0.29) is 0 Å². The fraction of sp³-hybridized carbons (Fsp3) is 0.500. The summed E-state index contributed by atoms with van der Waals surface area (Å²) in [5.41, 5.74) is 1.23. The minimum absolute atomic E-state index is 0.294. The molecule has 0 radical (unpaired) electrons. The second kappa shape index (κ2) is 4.93. The molecule has 1 unspecified atom stereocenters. The summed E-state index contributed by atoms with van der Waals surface area (Å²) >= 11 is 0. The maximum atomic E-state index is 5.72. The molecule has 1 aliphatic heterocycles. The fourth-order valence-electron chi connectivity index (χ4n) is 3.44. The molecule has 1 aliphatic carbocycles. The lowest BCUT2D eigenvalue weighted by atomic mass is 9.92. The summed E-state index contributed by atoms with van der Waals surface area (Å²) in [6.07, 6.45) is 6.07. The quantitative estimate of drug-likeness (QED) is 0.909. The Morgan fingerprint density at radius 1 is 1.10 bits per heavy atom. The van der Waals surface area contributed by atoms with E-state index in [1.807, 2.05) is 12.1 Å². The zero-order valence-corrected chi connectivity index (χ0v) is 11.5. The Hall–Kier alpha value is -1.84. The van der Waals surface area contributed by atoms with Crippen LogP contribution < -0.4 is 4.74 Å². The van der Waals surface area contributed by atoms with E-state index in [9.17, 15) is 0 Å². The number of hydrogen-bond acceptors (Lipinski definition) is 3. The molecule has 1 aromatic heterocycles. The Morgan fingerprint density at radius 3 is 2.85 bits per heavy atom. The molecule has 2 aliphatic rings. The summed E-state index contributed by atoms with van der Waals surface area (Å²) in [7, 11) is 0. The van der Waals surface area contributed by atoms with Gasteiger partial charge in [-0.3, -0.25) is 5.10 Å². The van der Waals surface area contributed by atoms with E-state index < -0.39 is 0 Å². The Morgan fingerprint density at radius 2 is 1.95 bits per heavy atom. The number of nitrogens with one attached hydrogen (secondary N) is 1. The first-order valence-corrected chi connectivity index (χ1v) is 7.56. The number of benzene rings is 1. The van der Waals surface area contributed by atoms with Crippen LogP contribution in [0, 0.1) is 0 Å². The van der Waals surface area contributed by atoms with Crippen molar-refractivity contribution in [1.82, 2.24) is 15.2 Å². The van der Waals surface area contributed by atoms with Crippen LogP contribution >= 0.6 is 0 Å². The largest absolute Gasteiger partial charge is 0.493 e. The monoisotopic (exact) mass is 269 g/mol. The highest BCUT2D eigenvalue weighted by Gasteiger charge is 2.27. The number of ether oxygens (including phenoxy) is 1. The standard InChI is InChI=1S/C16H19N3O/c1-2-6-11(5-1)15-17-16(19-18-15)13-9-10-20-14-8-4-3-7-12(13)14/h3-4,7-8,11,13H,1-2,5-6,9-10H2,(H,17,18,19). The van der Waals surface area contributed by atoms with Gasteiger partial charge in [0.2, 0.25) is 0 Å². The summed E-state index contributed by atoms with van der Waals surface area (Å²) in [5, 5.41) is 7.65. The van der Waals surface area contributed by atoms with E-state index in [0.717, 1.165) is 30.4 Å². The predicted molar refractivity (Wildman–Crippen MR) is 76.0 cm³/mol. The molecule has 20 heavy (non-hydrogen) atoms. The zero-order valence-electron chi connectivity index (χ0n) is 11.5. The second-order valence-electron chi connectivity index (χ2n) is 5.79. The minimum atomic E-state index is 0.294. The van der Waals surface area contributed by atoms with Crippen LogP contribution in [0.1, 0.15) is 61.2 Å². The molecule has 0 saturated heterocycles. The highest BCUT2D eigenvalue weighted by molar-refractivity contribution is 5.40. The Kier molecular flexibility index (Phi) is 2.94. The Labute approximate surface area is 118 Å². The van der Waals surface area contributed by atoms with Gasteiger partial charge in [-0.15, -0.1) is 0 Å². The molecule has 1 atom stereocenters. The summed E-state index contributed by atoms with van der Waals surface area (Å²) in [4.78, 5) is 4.79. The van der Waals surface area contributed by atoms with Crippen LogP contribution in [0.3, 0.4) is 0 Å². The van der Waals surface area contributed by atoms with E-state index in [2.05, 4.69) is 22.3 Å². The number of fused-ring (bicyclic) bond motifs is 1. The molecule has 104 valence electrons. The molecular formula is C16H19N3O. The molecule has 0 spiro atoms. The molecule has 4 nitrogen and oxygen atoms in total. The van der Waals surface area contributed by atoms with Gasteiger partial charge in [-0.2, -0.15) is 5.10 Å². The van der Waals surface area contributed by atoms with Crippen LogP contribution in [0.5, 0.6) is 5.75 Å². The molecule has 1 saturated carbocycles. The van der Waals surface area contributed by atoms with Crippen molar-refractivity contribution in [3.63, 3.8) is 0 Å². The SMILES string of the molecule is c1ccc2c(c1)OCCC2c1nc(C2CCCC2)n[nH]1. The second-order valence-corrected chi connectivity index (χ2v) is 5.79. The van der Waals surface area contributed by atoms with E-state index in [1.54, 1.807) is 0 Å². The smallest absolute Gasteiger partial charge is 0.153 e. The summed E-state index contributed by atoms with van der Waals surface area (Å²) in [5.74, 6) is 3.87. The van der Waals surface area contributed by atoms with Crippen molar-refractivity contribution >= 4 is 0 Å². The molecule has 1 N–H and O–H groups in total. The van der Waals surface area contributed by atoms with Crippen molar-refractivity contribution in [3.05, 3.63) is 41.5 Å². The summed E-state index contributed by atoms with van der Waals surface area (Å²) < 4.78 is 5.72. The normalized spacial score (nSPS) is 22.5. The molecule has 0 bridgehead atoms. The molecule has 0 amide bonds. The van der Waals surface area contributed by atoms with Crippen molar-refractivity contribution in [2.24, 2.45) is 0 Å². The zero-order chi connectivity index (χ0) is 13.4. The average Bonchev–Trinajstić information content (AvgIpc) is 3.17. The molecule has 4 heteroatoms. The molecule has 2 heterocycles. The van der Waals surface area contributed by atoms with Crippen molar-refractivity contribution in [2.45, 2.75) is 43.9 Å². The molecule has 4 rings (SSSR count). The van der Waals surface area contributed by atoms with E-state index in [0.29, 0.717) is 11.8 Å². The third kappa shape index (κ3) is 1.99. The minimum Gasteiger partial charge on any atom is -0.493 e. The van der Waals surface area contributed by atoms with Crippen LogP contribution in [-0.2, 0) is 0 Å². The topological polar surface area (TPSA) is 50.8 Å². The summed E-state index contributed by atoms with van der Waals surface area (Å²) in [6.45, 7) is 0.751. The van der Waals surface area contributed by atoms with Crippen LogP contribution in [-0.4, -0.2) is 21.8 Å². The third-order valence-corrected chi connectivity index (χ3v) is 4.53. The van der Waals surface area contributed by atoms with Gasteiger partial charge in [0.25, 0.3) is 0 Å². The van der Waals surface area contributed by atoms with E-state index in [4.69, 9.17) is 9.72 Å². The maximum Gasteiger partial charge on any atom is 0.153 e. The lowest BCUT2D eigenvalue weighted by Crippen LogP contribution is -2.16. The van der Waals surface area contributed by atoms with Gasteiger partial charge < -0.3 is 4.74 Å². The van der Waals surface area contributed by atoms with E-state index >= 15 is 0 Å². The number of para-hydroxylation sites is 1. The van der Waals surface area contributed by atoms with Gasteiger partial charge in [0, 0.05) is 11.5 Å². The van der Waals surface area contributed by atoms with Gasteiger partial charge >= 0.3 is 0 Å². The first-order valence-electron chi connectivity index (χ1n) is 7.56. The van der Waals surface area contributed by atoms with Gasteiger partial charge in [0.15, 0.2) is 5.82 Å². The van der Waals surface area contributed by atoms with Crippen molar-refractivity contribution < 1.29 is 4.74 Å². The molecule has 1 fully saturated rings. The van der Waals surface area contributed by atoms with Gasteiger partial charge in [-0.1, -0.05) is 31.0 Å². The number of rotatable bonds is 2. The number of aromatic nitrogens is 3. The number of hydrogen-bond donors (Lipinski definition) is 1. The number of H-pyrrole nitrogens is 1. The average molecular weight is 269 g/mol. The molecular weight excluding hydrogens is 250 g/mol. The van der Waals surface area contributed by atoms with Crippen molar-refractivity contribution in [2.75, 3.05) is 6.61 Å². The first-order chi connectivity index (χ1) is 9.92. The Bertz CT molecular complexity index is 601. The summed E-state index contributed by atoms with van der Waals surface area (Å²) in [6, 6.07) is 8.26. The van der Waals surface area contributed by atoms with Gasteiger partial charge in [0.1, 0.15) is 11.6 Å².